The lowest BCUT2D eigenvalue weighted by molar-refractivity contribution is -0.179. The SMILES string of the molecule is CCCCNC1(N)C2(C)OC(=O)[C@@]3(C)C(N)(NCCCC)C3(C)OC(=O)C12C. The lowest BCUT2D eigenvalue weighted by Crippen LogP contribution is -2.53. The summed E-state index contributed by atoms with van der Waals surface area (Å²) in [6.07, 6.45) is 3.76. The van der Waals surface area contributed by atoms with Crippen molar-refractivity contribution in [3.8, 4) is 0 Å². The van der Waals surface area contributed by atoms with Crippen LogP contribution < -0.4 is 22.1 Å². The molecule has 160 valence electrons. The molecule has 5 unspecified atom stereocenters. The second-order valence-electron chi connectivity index (χ2n) is 9.27. The van der Waals surface area contributed by atoms with Crippen LogP contribution in [0.2, 0.25) is 0 Å². The summed E-state index contributed by atoms with van der Waals surface area (Å²) in [4.78, 5) is 26.6. The molecule has 1 saturated heterocycles. The van der Waals surface area contributed by atoms with E-state index in [0.717, 1.165) is 25.7 Å². The Kier molecular flexibility index (Phi) is 4.71. The number of hydrogen-bond donors (Lipinski definition) is 4. The summed E-state index contributed by atoms with van der Waals surface area (Å²) in [7, 11) is 0. The summed E-state index contributed by atoms with van der Waals surface area (Å²) < 4.78 is 11.9. The fraction of sp³-hybridized carbons (Fsp3) is 0.900. The van der Waals surface area contributed by atoms with Crippen LogP contribution in [0.3, 0.4) is 0 Å². The van der Waals surface area contributed by atoms with Crippen LogP contribution in [-0.4, -0.2) is 47.6 Å². The fourth-order valence-electron chi connectivity index (χ4n) is 5.08. The van der Waals surface area contributed by atoms with Gasteiger partial charge in [-0.05, 0) is 53.6 Å². The van der Waals surface area contributed by atoms with Gasteiger partial charge in [0.1, 0.15) is 22.2 Å². The first-order valence-electron chi connectivity index (χ1n) is 10.4. The largest absolute Gasteiger partial charge is 0.454 e. The minimum atomic E-state index is -1.21. The number of ether oxygens (including phenoxy) is 2. The molecule has 6 atom stereocenters. The van der Waals surface area contributed by atoms with Gasteiger partial charge in [0.25, 0.3) is 0 Å². The predicted octanol–water partition coefficient (Wildman–Crippen LogP) is 0.733. The predicted molar refractivity (Wildman–Crippen MR) is 105 cm³/mol. The summed E-state index contributed by atoms with van der Waals surface area (Å²) in [5.41, 5.74) is 5.98. The number of fused-ring (bicyclic) bond motifs is 2. The number of carbonyl (C=O) groups excluding carboxylic acids is 2. The molecule has 8 nitrogen and oxygen atoms in total. The Morgan fingerprint density at radius 3 is 1.36 bits per heavy atom. The molecule has 0 aromatic heterocycles. The third kappa shape index (κ3) is 2.04. The molecule has 0 aromatic rings. The molecular formula is C20H36N4O4. The average molecular weight is 397 g/mol. The molecule has 2 saturated carbocycles. The number of carbonyl (C=O) groups is 2. The highest BCUT2D eigenvalue weighted by Crippen LogP contribution is 2.72. The summed E-state index contributed by atoms with van der Waals surface area (Å²) in [5.74, 6) is -0.986. The van der Waals surface area contributed by atoms with Crippen LogP contribution in [0.25, 0.3) is 0 Å². The minimum absolute atomic E-state index is 0.493. The lowest BCUT2D eigenvalue weighted by atomic mass is 10.0. The average Bonchev–Trinajstić information content (AvgIpc) is 3.19. The van der Waals surface area contributed by atoms with Crippen LogP contribution in [0.4, 0.5) is 0 Å². The van der Waals surface area contributed by atoms with E-state index in [1.165, 1.54) is 0 Å². The van der Waals surface area contributed by atoms with Gasteiger partial charge >= 0.3 is 11.9 Å². The molecule has 0 spiro atoms. The molecule has 0 radical (unpaired) electrons. The molecule has 6 N–H and O–H groups in total. The van der Waals surface area contributed by atoms with Gasteiger partial charge in [-0.15, -0.1) is 0 Å². The van der Waals surface area contributed by atoms with Crippen molar-refractivity contribution in [3.05, 3.63) is 0 Å². The maximum Gasteiger partial charge on any atom is 0.320 e. The second kappa shape index (κ2) is 6.14. The third-order valence-electron chi connectivity index (χ3n) is 8.14. The monoisotopic (exact) mass is 396 g/mol. The van der Waals surface area contributed by atoms with Crippen molar-refractivity contribution in [3.63, 3.8) is 0 Å². The molecule has 2 aliphatic carbocycles. The third-order valence-corrected chi connectivity index (χ3v) is 8.14. The van der Waals surface area contributed by atoms with E-state index in [9.17, 15) is 9.59 Å². The van der Waals surface area contributed by atoms with E-state index in [2.05, 4.69) is 24.5 Å². The van der Waals surface area contributed by atoms with Crippen LogP contribution in [-0.2, 0) is 19.1 Å². The van der Waals surface area contributed by atoms with Crippen LogP contribution in [0.1, 0.15) is 67.2 Å². The highest BCUT2D eigenvalue weighted by Gasteiger charge is 2.96. The molecule has 1 aliphatic heterocycles. The lowest BCUT2D eigenvalue weighted by Gasteiger charge is -2.26. The Morgan fingerprint density at radius 2 is 1.07 bits per heavy atom. The summed E-state index contributed by atoms with van der Waals surface area (Å²) in [6, 6.07) is 0. The topological polar surface area (TPSA) is 129 Å². The molecule has 28 heavy (non-hydrogen) atoms. The summed E-state index contributed by atoms with van der Waals surface area (Å²) in [5, 5.41) is 6.47. The number of unbranched alkanes of at least 4 members (excludes halogenated alkanes) is 2. The Bertz CT molecular complexity index is 646. The van der Waals surface area contributed by atoms with Gasteiger partial charge in [0.05, 0.1) is 0 Å². The molecule has 0 bridgehead atoms. The number of esters is 2. The van der Waals surface area contributed by atoms with Gasteiger partial charge in [-0.2, -0.15) is 0 Å². The second-order valence-corrected chi connectivity index (χ2v) is 9.27. The molecule has 3 rings (SSSR count). The first-order chi connectivity index (χ1) is 12.9. The highest BCUT2D eigenvalue weighted by molar-refractivity contribution is 5.95. The van der Waals surface area contributed by atoms with Crippen molar-refractivity contribution in [1.82, 2.24) is 10.6 Å². The Balaban J connectivity index is 1.92. The number of hydrogen-bond acceptors (Lipinski definition) is 8. The van der Waals surface area contributed by atoms with Gasteiger partial charge < -0.3 is 20.9 Å². The van der Waals surface area contributed by atoms with Gasteiger partial charge in [-0.25, -0.2) is 0 Å². The van der Waals surface area contributed by atoms with Crippen molar-refractivity contribution >= 4 is 11.9 Å². The van der Waals surface area contributed by atoms with Crippen molar-refractivity contribution in [2.45, 2.75) is 89.8 Å². The van der Waals surface area contributed by atoms with E-state index in [0.29, 0.717) is 13.1 Å². The summed E-state index contributed by atoms with van der Waals surface area (Å²) in [6.45, 7) is 12.2. The molecular weight excluding hydrogens is 360 g/mol. The Labute approximate surface area is 167 Å². The van der Waals surface area contributed by atoms with Crippen LogP contribution in [0.15, 0.2) is 0 Å². The Hall–Kier alpha value is -1.22. The quantitative estimate of drug-likeness (QED) is 0.269. The first kappa shape index (κ1) is 21.5. The normalized spacial score (nSPS) is 49.3. The van der Waals surface area contributed by atoms with E-state index in [-0.39, 0.29) is 0 Å². The van der Waals surface area contributed by atoms with E-state index in [1.807, 2.05) is 0 Å². The van der Waals surface area contributed by atoms with Crippen LogP contribution in [0.5, 0.6) is 0 Å². The molecule has 0 amide bonds. The zero-order valence-electron chi connectivity index (χ0n) is 18.0. The van der Waals surface area contributed by atoms with Gasteiger partial charge in [0.2, 0.25) is 0 Å². The zero-order chi connectivity index (χ0) is 21.2. The van der Waals surface area contributed by atoms with Crippen LogP contribution >= 0.6 is 0 Å². The zero-order valence-corrected chi connectivity index (χ0v) is 18.0. The standard InChI is InChI=1S/C20H36N4O4/c1-7-9-11-23-19(21)15(3)13(25)28-18(6)16(4,14(26)27-17(15,19)5)20(18,22)24-12-10-8-2/h23-24H,7-12,21-22H2,1-6H3/t15-,16?,17?,18?,19?,20?/m1/s1. The Morgan fingerprint density at radius 1 is 0.750 bits per heavy atom. The smallest absolute Gasteiger partial charge is 0.320 e. The number of nitrogens with one attached hydrogen (secondary N) is 2. The maximum atomic E-state index is 13.3. The van der Waals surface area contributed by atoms with Gasteiger partial charge in [-0.1, -0.05) is 26.7 Å². The van der Waals surface area contributed by atoms with E-state index >= 15 is 0 Å². The van der Waals surface area contributed by atoms with E-state index < -0.39 is 45.3 Å². The van der Waals surface area contributed by atoms with Crippen LogP contribution in [0, 0.1) is 10.8 Å². The minimum Gasteiger partial charge on any atom is -0.454 e. The molecule has 0 aromatic carbocycles. The molecule has 8 heteroatoms. The first-order valence-corrected chi connectivity index (χ1v) is 10.4. The molecule has 1 heterocycles. The molecule has 3 aliphatic rings. The van der Waals surface area contributed by atoms with Crippen molar-refractivity contribution < 1.29 is 19.1 Å². The summed E-state index contributed by atoms with van der Waals surface area (Å²) >= 11 is 0. The number of nitrogens with two attached hydrogens (primary N) is 2. The highest BCUT2D eigenvalue weighted by atomic mass is 16.6. The van der Waals surface area contributed by atoms with Gasteiger partial charge in [-0.3, -0.25) is 20.2 Å². The fourth-order valence-corrected chi connectivity index (χ4v) is 5.08. The number of rotatable bonds is 8. The van der Waals surface area contributed by atoms with E-state index in [4.69, 9.17) is 20.9 Å². The van der Waals surface area contributed by atoms with Gasteiger partial charge in [0, 0.05) is 0 Å². The van der Waals surface area contributed by atoms with Crippen molar-refractivity contribution in [2.75, 3.05) is 13.1 Å². The maximum absolute atomic E-state index is 13.3. The van der Waals surface area contributed by atoms with Crippen molar-refractivity contribution in [1.29, 1.82) is 0 Å². The van der Waals surface area contributed by atoms with Crippen molar-refractivity contribution in [2.24, 2.45) is 22.3 Å². The van der Waals surface area contributed by atoms with Gasteiger partial charge in [0.15, 0.2) is 11.2 Å². The van der Waals surface area contributed by atoms with E-state index in [1.54, 1.807) is 27.7 Å². The molecule has 3 fully saturated rings.